The number of nitrogens with one attached hydrogen (secondary N) is 1. The Labute approximate surface area is 97.8 Å². The van der Waals surface area contributed by atoms with Crippen LogP contribution in [0.3, 0.4) is 0 Å². The highest BCUT2D eigenvalue weighted by atomic mass is 32.1. The molecule has 0 aliphatic rings. The summed E-state index contributed by atoms with van der Waals surface area (Å²) in [6.07, 6.45) is 3.07. The molecule has 0 saturated carbocycles. The summed E-state index contributed by atoms with van der Waals surface area (Å²) in [5.41, 5.74) is 5.45. The Hall–Kier alpha value is -0.640. The summed E-state index contributed by atoms with van der Waals surface area (Å²) in [4.78, 5) is 12.0. The topological polar surface area (TPSA) is 55.1 Å². The Morgan fingerprint density at radius 3 is 2.33 bits per heavy atom. The van der Waals surface area contributed by atoms with Gasteiger partial charge in [0.1, 0.15) is 0 Å². The van der Waals surface area contributed by atoms with Crippen LogP contribution in [0.5, 0.6) is 0 Å². The van der Waals surface area contributed by atoms with Crippen LogP contribution in [0.15, 0.2) is 0 Å². The molecule has 0 heterocycles. The Kier molecular flexibility index (Phi) is 7.30. The van der Waals surface area contributed by atoms with Crippen LogP contribution >= 0.6 is 12.2 Å². The molecular weight excluding hydrogens is 208 g/mol. The molecule has 2 unspecified atom stereocenters. The van der Waals surface area contributed by atoms with Crippen LogP contribution in [0.25, 0.3) is 0 Å². The lowest BCUT2D eigenvalue weighted by atomic mass is 10.0. The third-order valence-corrected chi connectivity index (χ3v) is 2.70. The van der Waals surface area contributed by atoms with Crippen molar-refractivity contribution in [3.63, 3.8) is 0 Å². The molecule has 1 amide bonds. The molecule has 0 saturated heterocycles. The fourth-order valence-electron chi connectivity index (χ4n) is 1.29. The van der Waals surface area contributed by atoms with Crippen molar-refractivity contribution in [1.82, 2.24) is 5.32 Å². The van der Waals surface area contributed by atoms with Crippen LogP contribution in [0.1, 0.15) is 46.5 Å². The second-order valence-corrected chi connectivity index (χ2v) is 4.59. The molecular formula is C11H22N2OS. The molecule has 0 fully saturated rings. The van der Waals surface area contributed by atoms with Crippen molar-refractivity contribution in [3.8, 4) is 0 Å². The van der Waals surface area contributed by atoms with E-state index in [9.17, 15) is 4.79 Å². The van der Waals surface area contributed by atoms with Gasteiger partial charge in [0, 0.05) is 18.9 Å². The van der Waals surface area contributed by atoms with Gasteiger partial charge in [0.2, 0.25) is 5.91 Å². The molecule has 0 spiro atoms. The summed E-state index contributed by atoms with van der Waals surface area (Å²) in [5, 5.41) is 2.96. The lowest BCUT2D eigenvalue weighted by Crippen LogP contribution is -2.37. The van der Waals surface area contributed by atoms with Crippen LogP contribution in [-0.2, 0) is 4.79 Å². The minimum Gasteiger partial charge on any atom is -0.393 e. The number of amides is 1. The summed E-state index contributed by atoms with van der Waals surface area (Å²) >= 11 is 4.83. The summed E-state index contributed by atoms with van der Waals surface area (Å²) in [6, 6.07) is 0.0963. The second kappa shape index (κ2) is 7.63. The number of thiocarbonyl (C=S) groups is 1. The van der Waals surface area contributed by atoms with Crippen molar-refractivity contribution >= 4 is 23.1 Å². The van der Waals surface area contributed by atoms with Gasteiger partial charge in [-0.15, -0.1) is 0 Å². The van der Waals surface area contributed by atoms with Crippen LogP contribution in [0.2, 0.25) is 0 Å². The van der Waals surface area contributed by atoms with Gasteiger partial charge in [0.15, 0.2) is 0 Å². The van der Waals surface area contributed by atoms with Gasteiger partial charge < -0.3 is 11.1 Å². The molecule has 0 bridgehead atoms. The first-order valence-corrected chi connectivity index (χ1v) is 5.98. The monoisotopic (exact) mass is 230 g/mol. The van der Waals surface area contributed by atoms with Crippen molar-refractivity contribution in [2.45, 2.75) is 52.5 Å². The van der Waals surface area contributed by atoms with E-state index in [0.29, 0.717) is 23.7 Å². The van der Waals surface area contributed by atoms with E-state index in [1.165, 1.54) is 0 Å². The minimum absolute atomic E-state index is 0.0963. The van der Waals surface area contributed by atoms with E-state index in [1.54, 1.807) is 0 Å². The van der Waals surface area contributed by atoms with Gasteiger partial charge in [0.05, 0.1) is 4.99 Å². The predicted octanol–water partition coefficient (Wildman–Crippen LogP) is 1.99. The number of hydrogen-bond donors (Lipinski definition) is 2. The number of carbonyl (C=O) groups excluding carboxylic acids is 1. The van der Waals surface area contributed by atoms with Gasteiger partial charge in [-0.05, 0) is 12.3 Å². The van der Waals surface area contributed by atoms with Crippen molar-refractivity contribution in [2.75, 3.05) is 0 Å². The van der Waals surface area contributed by atoms with Gasteiger partial charge in [-0.25, -0.2) is 0 Å². The lowest BCUT2D eigenvalue weighted by molar-refractivity contribution is -0.122. The molecule has 0 aromatic heterocycles. The van der Waals surface area contributed by atoms with Gasteiger partial charge >= 0.3 is 0 Å². The molecule has 0 aliphatic carbocycles. The smallest absolute Gasteiger partial charge is 0.220 e. The van der Waals surface area contributed by atoms with Gasteiger partial charge in [-0.1, -0.05) is 39.4 Å². The van der Waals surface area contributed by atoms with E-state index in [0.717, 1.165) is 12.8 Å². The van der Waals surface area contributed by atoms with Gasteiger partial charge in [0.25, 0.3) is 0 Å². The first kappa shape index (κ1) is 14.4. The summed E-state index contributed by atoms with van der Waals surface area (Å²) in [6.45, 7) is 6.19. The zero-order valence-electron chi connectivity index (χ0n) is 9.88. The van der Waals surface area contributed by atoms with Crippen LogP contribution < -0.4 is 11.1 Å². The van der Waals surface area contributed by atoms with E-state index < -0.39 is 0 Å². The molecule has 3 N–H and O–H groups in total. The molecule has 2 atom stereocenters. The van der Waals surface area contributed by atoms with Crippen molar-refractivity contribution < 1.29 is 4.79 Å². The highest BCUT2D eigenvalue weighted by molar-refractivity contribution is 7.80. The molecule has 88 valence electrons. The number of carbonyl (C=O) groups is 1. The zero-order chi connectivity index (χ0) is 11.8. The average molecular weight is 230 g/mol. The molecule has 0 aromatic rings. The first-order chi connectivity index (χ1) is 6.99. The molecule has 0 rings (SSSR count). The molecule has 3 nitrogen and oxygen atoms in total. The van der Waals surface area contributed by atoms with E-state index in [1.807, 2.05) is 6.92 Å². The maximum Gasteiger partial charge on any atom is 0.220 e. The average Bonchev–Trinajstić information content (AvgIpc) is 2.15. The number of hydrogen-bond acceptors (Lipinski definition) is 2. The standard InChI is InChI=1S/C11H22N2OS/c1-4-8(3)6-11(14)13-9(5-2)7-10(12)15/h8-9H,4-7H2,1-3H3,(H2,12,15)(H,13,14). The fourth-order valence-corrected chi connectivity index (χ4v) is 1.49. The van der Waals surface area contributed by atoms with Crippen molar-refractivity contribution in [2.24, 2.45) is 11.7 Å². The van der Waals surface area contributed by atoms with E-state index >= 15 is 0 Å². The van der Waals surface area contributed by atoms with Gasteiger partial charge in [-0.3, -0.25) is 4.79 Å². The van der Waals surface area contributed by atoms with Crippen molar-refractivity contribution in [3.05, 3.63) is 0 Å². The third kappa shape index (κ3) is 7.31. The Bertz CT molecular complexity index is 219. The predicted molar refractivity (Wildman–Crippen MR) is 67.7 cm³/mol. The second-order valence-electron chi connectivity index (χ2n) is 4.06. The first-order valence-electron chi connectivity index (χ1n) is 5.57. The Morgan fingerprint density at radius 1 is 1.33 bits per heavy atom. The van der Waals surface area contributed by atoms with E-state index in [2.05, 4.69) is 19.2 Å². The summed E-state index contributed by atoms with van der Waals surface area (Å²) < 4.78 is 0. The maximum absolute atomic E-state index is 11.6. The Morgan fingerprint density at radius 2 is 1.93 bits per heavy atom. The molecule has 0 radical (unpaired) electrons. The summed E-state index contributed by atoms with van der Waals surface area (Å²) in [5.74, 6) is 0.541. The SMILES string of the molecule is CCC(C)CC(=O)NC(CC)CC(N)=S. The van der Waals surface area contributed by atoms with Crippen molar-refractivity contribution in [1.29, 1.82) is 0 Å². The van der Waals surface area contributed by atoms with Gasteiger partial charge in [-0.2, -0.15) is 0 Å². The fraction of sp³-hybridized carbons (Fsp3) is 0.818. The van der Waals surface area contributed by atoms with Crippen LogP contribution in [-0.4, -0.2) is 16.9 Å². The van der Waals surface area contributed by atoms with Crippen LogP contribution in [0.4, 0.5) is 0 Å². The minimum atomic E-state index is 0.0963. The number of rotatable bonds is 7. The third-order valence-electron chi connectivity index (χ3n) is 2.54. The normalized spacial score (nSPS) is 14.3. The highest BCUT2D eigenvalue weighted by Gasteiger charge is 2.13. The molecule has 0 aliphatic heterocycles. The lowest BCUT2D eigenvalue weighted by Gasteiger charge is -2.17. The largest absolute Gasteiger partial charge is 0.393 e. The highest BCUT2D eigenvalue weighted by Crippen LogP contribution is 2.07. The van der Waals surface area contributed by atoms with Crippen LogP contribution in [0, 0.1) is 5.92 Å². The van der Waals surface area contributed by atoms with E-state index in [4.69, 9.17) is 18.0 Å². The van der Waals surface area contributed by atoms with E-state index in [-0.39, 0.29) is 11.9 Å². The quantitative estimate of drug-likeness (QED) is 0.658. The zero-order valence-corrected chi connectivity index (χ0v) is 10.7. The Balaban J connectivity index is 3.95. The molecule has 4 heteroatoms. The molecule has 0 aromatic carbocycles. The number of nitrogens with two attached hydrogens (primary N) is 1. The summed E-state index contributed by atoms with van der Waals surface area (Å²) in [7, 11) is 0. The maximum atomic E-state index is 11.6. The molecule has 15 heavy (non-hydrogen) atoms.